The van der Waals surface area contributed by atoms with Crippen molar-refractivity contribution < 1.29 is 14.4 Å². The SMILES string of the molecule is CN(C/C(N)=N/O)C(=O)c1ccc(F)c2ccccc12. The van der Waals surface area contributed by atoms with Gasteiger partial charge >= 0.3 is 0 Å². The first-order valence-corrected chi connectivity index (χ1v) is 5.93. The fraction of sp³-hybridized carbons (Fsp3) is 0.143. The molecule has 0 unspecified atom stereocenters. The molecule has 0 aliphatic carbocycles. The monoisotopic (exact) mass is 275 g/mol. The van der Waals surface area contributed by atoms with E-state index in [0.717, 1.165) is 0 Å². The minimum absolute atomic E-state index is 0.0129. The molecule has 5 nitrogen and oxygen atoms in total. The molecule has 104 valence electrons. The average Bonchev–Trinajstić information content (AvgIpc) is 2.47. The molecule has 2 aromatic carbocycles. The molecule has 20 heavy (non-hydrogen) atoms. The lowest BCUT2D eigenvalue weighted by Crippen LogP contribution is -2.35. The highest BCUT2D eigenvalue weighted by Gasteiger charge is 2.16. The van der Waals surface area contributed by atoms with E-state index in [1.807, 2.05) is 0 Å². The van der Waals surface area contributed by atoms with Gasteiger partial charge in [0.25, 0.3) is 5.91 Å². The second-order valence-electron chi connectivity index (χ2n) is 4.39. The molecule has 0 heterocycles. The van der Waals surface area contributed by atoms with Crippen molar-refractivity contribution in [1.82, 2.24) is 4.90 Å². The van der Waals surface area contributed by atoms with Crippen LogP contribution in [0, 0.1) is 5.82 Å². The largest absolute Gasteiger partial charge is 0.409 e. The van der Waals surface area contributed by atoms with E-state index in [1.54, 1.807) is 24.3 Å². The number of oxime groups is 1. The molecule has 0 aliphatic heterocycles. The number of carbonyl (C=O) groups is 1. The van der Waals surface area contributed by atoms with Crippen molar-refractivity contribution in [2.24, 2.45) is 10.9 Å². The van der Waals surface area contributed by atoms with E-state index in [0.29, 0.717) is 16.3 Å². The molecule has 2 rings (SSSR count). The number of amidine groups is 1. The summed E-state index contributed by atoms with van der Waals surface area (Å²) in [6.45, 7) is -0.0129. The van der Waals surface area contributed by atoms with E-state index >= 15 is 0 Å². The van der Waals surface area contributed by atoms with Gasteiger partial charge in [0.2, 0.25) is 0 Å². The van der Waals surface area contributed by atoms with Gasteiger partial charge in [-0.2, -0.15) is 0 Å². The van der Waals surface area contributed by atoms with E-state index in [-0.39, 0.29) is 24.1 Å². The number of hydrogen-bond donors (Lipinski definition) is 2. The molecular formula is C14H14FN3O2. The number of nitrogens with zero attached hydrogens (tertiary/aromatic N) is 2. The normalized spacial score (nSPS) is 11.6. The highest BCUT2D eigenvalue weighted by molar-refractivity contribution is 6.07. The van der Waals surface area contributed by atoms with Gasteiger partial charge in [-0.25, -0.2) is 4.39 Å². The Morgan fingerprint density at radius 3 is 2.60 bits per heavy atom. The smallest absolute Gasteiger partial charge is 0.254 e. The average molecular weight is 275 g/mol. The summed E-state index contributed by atoms with van der Waals surface area (Å²) in [5.74, 6) is -0.781. The molecule has 0 radical (unpaired) electrons. The number of nitrogens with two attached hydrogens (primary N) is 1. The lowest BCUT2D eigenvalue weighted by atomic mass is 10.0. The molecule has 0 atom stereocenters. The Kier molecular flexibility index (Phi) is 3.84. The van der Waals surface area contributed by atoms with Gasteiger partial charge in [-0.15, -0.1) is 0 Å². The molecule has 0 fully saturated rings. The van der Waals surface area contributed by atoms with Gasteiger partial charge in [0.15, 0.2) is 5.84 Å². The molecular weight excluding hydrogens is 261 g/mol. The van der Waals surface area contributed by atoms with Gasteiger partial charge in [-0.1, -0.05) is 29.4 Å². The molecule has 2 aromatic rings. The van der Waals surface area contributed by atoms with Gasteiger partial charge in [0, 0.05) is 18.0 Å². The number of rotatable bonds is 3. The quantitative estimate of drug-likeness (QED) is 0.388. The fourth-order valence-corrected chi connectivity index (χ4v) is 2.00. The van der Waals surface area contributed by atoms with Crippen LogP contribution in [0.2, 0.25) is 0 Å². The van der Waals surface area contributed by atoms with E-state index in [4.69, 9.17) is 10.9 Å². The van der Waals surface area contributed by atoms with Crippen LogP contribution in [-0.4, -0.2) is 35.4 Å². The molecule has 0 bridgehead atoms. The highest BCUT2D eigenvalue weighted by Crippen LogP contribution is 2.22. The molecule has 0 spiro atoms. The topological polar surface area (TPSA) is 78.9 Å². The summed E-state index contributed by atoms with van der Waals surface area (Å²) in [6.07, 6.45) is 0. The second-order valence-corrected chi connectivity index (χ2v) is 4.39. The van der Waals surface area contributed by atoms with E-state index in [1.165, 1.54) is 24.1 Å². The van der Waals surface area contributed by atoms with Gasteiger partial charge in [0.1, 0.15) is 5.82 Å². The zero-order valence-corrected chi connectivity index (χ0v) is 10.9. The predicted octanol–water partition coefficient (Wildman–Crippen LogP) is 1.80. The van der Waals surface area contributed by atoms with Crippen LogP contribution in [-0.2, 0) is 0 Å². The molecule has 0 aromatic heterocycles. The summed E-state index contributed by atoms with van der Waals surface area (Å²) >= 11 is 0. The first-order chi connectivity index (χ1) is 9.54. The maximum Gasteiger partial charge on any atom is 0.254 e. The molecule has 3 N–H and O–H groups in total. The van der Waals surface area contributed by atoms with Crippen molar-refractivity contribution in [3.8, 4) is 0 Å². The molecule has 1 amide bonds. The number of hydrogen-bond acceptors (Lipinski definition) is 3. The predicted molar refractivity (Wildman–Crippen MR) is 74.3 cm³/mol. The molecule has 0 saturated heterocycles. The fourth-order valence-electron chi connectivity index (χ4n) is 2.00. The Morgan fingerprint density at radius 1 is 1.30 bits per heavy atom. The summed E-state index contributed by atoms with van der Waals surface area (Å²) in [5, 5.41) is 12.3. The van der Waals surface area contributed by atoms with E-state index < -0.39 is 0 Å². The van der Waals surface area contributed by atoms with Crippen molar-refractivity contribution in [1.29, 1.82) is 0 Å². The molecule has 0 saturated carbocycles. The van der Waals surface area contributed by atoms with Crippen molar-refractivity contribution in [2.45, 2.75) is 0 Å². The standard InChI is InChI=1S/C14H14FN3O2/c1-18(8-13(16)17-20)14(19)11-6-7-12(15)10-5-3-2-4-9(10)11/h2-7,20H,8H2,1H3,(H2,16,17). The van der Waals surface area contributed by atoms with E-state index in [9.17, 15) is 9.18 Å². The Hall–Kier alpha value is -2.63. The minimum atomic E-state index is -0.378. The van der Waals surface area contributed by atoms with Crippen LogP contribution in [0.4, 0.5) is 4.39 Å². The van der Waals surface area contributed by atoms with Crippen LogP contribution in [0.3, 0.4) is 0 Å². The van der Waals surface area contributed by atoms with Crippen LogP contribution in [0.1, 0.15) is 10.4 Å². The maximum absolute atomic E-state index is 13.7. The summed E-state index contributed by atoms with van der Waals surface area (Å²) in [6, 6.07) is 9.44. The van der Waals surface area contributed by atoms with Crippen molar-refractivity contribution in [2.75, 3.05) is 13.6 Å². The zero-order valence-electron chi connectivity index (χ0n) is 10.9. The first-order valence-electron chi connectivity index (χ1n) is 5.93. The summed E-state index contributed by atoms with van der Waals surface area (Å²) in [5.41, 5.74) is 5.74. The molecule has 6 heteroatoms. The third-order valence-corrected chi connectivity index (χ3v) is 2.98. The third-order valence-electron chi connectivity index (χ3n) is 2.98. The van der Waals surface area contributed by atoms with Crippen LogP contribution in [0.5, 0.6) is 0 Å². The lowest BCUT2D eigenvalue weighted by Gasteiger charge is -2.17. The van der Waals surface area contributed by atoms with Crippen LogP contribution >= 0.6 is 0 Å². The molecule has 0 aliphatic rings. The second kappa shape index (κ2) is 5.56. The highest BCUT2D eigenvalue weighted by atomic mass is 19.1. The van der Waals surface area contributed by atoms with Gasteiger partial charge in [-0.05, 0) is 17.5 Å². The summed E-state index contributed by atoms with van der Waals surface area (Å²) < 4.78 is 13.7. The van der Waals surface area contributed by atoms with Gasteiger partial charge in [0.05, 0.1) is 6.54 Å². The zero-order chi connectivity index (χ0) is 14.7. The summed E-state index contributed by atoms with van der Waals surface area (Å²) in [4.78, 5) is 13.6. The number of carbonyl (C=O) groups excluding carboxylic acids is 1. The maximum atomic E-state index is 13.7. The number of amides is 1. The van der Waals surface area contributed by atoms with Gasteiger partial charge < -0.3 is 15.8 Å². The summed E-state index contributed by atoms with van der Waals surface area (Å²) in [7, 11) is 1.53. The third kappa shape index (κ3) is 2.54. The number of likely N-dealkylation sites (N-methyl/N-ethyl adjacent to an activating group) is 1. The van der Waals surface area contributed by atoms with Crippen molar-refractivity contribution in [3.05, 3.63) is 47.8 Å². The number of fused-ring (bicyclic) bond motifs is 1. The van der Waals surface area contributed by atoms with Crippen molar-refractivity contribution in [3.63, 3.8) is 0 Å². The Bertz CT molecular complexity index is 685. The number of benzene rings is 2. The first kappa shape index (κ1) is 13.8. The Morgan fingerprint density at radius 2 is 1.95 bits per heavy atom. The van der Waals surface area contributed by atoms with Gasteiger partial charge in [-0.3, -0.25) is 4.79 Å². The van der Waals surface area contributed by atoms with Crippen LogP contribution in [0.15, 0.2) is 41.6 Å². The Labute approximate surface area is 115 Å². The minimum Gasteiger partial charge on any atom is -0.409 e. The number of halogens is 1. The van der Waals surface area contributed by atoms with Crippen molar-refractivity contribution >= 4 is 22.5 Å². The van der Waals surface area contributed by atoms with E-state index in [2.05, 4.69) is 5.16 Å². The van der Waals surface area contributed by atoms with Crippen LogP contribution in [0.25, 0.3) is 10.8 Å². The Balaban J connectivity index is 2.43. The lowest BCUT2D eigenvalue weighted by molar-refractivity contribution is 0.0815. The van der Waals surface area contributed by atoms with Crippen LogP contribution < -0.4 is 5.73 Å².